The van der Waals surface area contributed by atoms with Gasteiger partial charge in [-0.3, -0.25) is 5.43 Å². The molecule has 0 atom stereocenters. The zero-order valence-electron chi connectivity index (χ0n) is 11.2. The average molecular weight is 247 g/mol. The van der Waals surface area contributed by atoms with Crippen molar-refractivity contribution < 1.29 is 4.57 Å². The van der Waals surface area contributed by atoms with E-state index >= 15 is 0 Å². The van der Waals surface area contributed by atoms with Crippen LogP contribution in [0.4, 0.5) is 17.3 Å². The van der Waals surface area contributed by atoms with Crippen molar-refractivity contribution in [3.8, 4) is 0 Å². The van der Waals surface area contributed by atoms with Gasteiger partial charge in [0, 0.05) is 19.8 Å². The van der Waals surface area contributed by atoms with E-state index in [2.05, 4.69) is 33.0 Å². The Labute approximate surface area is 107 Å². The van der Waals surface area contributed by atoms with Gasteiger partial charge in [-0.25, -0.2) is 9.99 Å². The molecule has 0 bridgehead atoms. The molecular weight excluding hydrogens is 228 g/mol. The third-order valence-electron chi connectivity index (χ3n) is 2.74. The Morgan fingerprint density at radius 1 is 1.17 bits per heavy atom. The summed E-state index contributed by atoms with van der Waals surface area (Å²) in [5.74, 6) is 0.881. The summed E-state index contributed by atoms with van der Waals surface area (Å²) in [6.07, 6.45) is 1.75. The highest BCUT2D eigenvalue weighted by atomic mass is 15.5. The van der Waals surface area contributed by atoms with Crippen LogP contribution < -0.4 is 20.3 Å². The molecule has 0 amide bonds. The molecule has 0 unspecified atom stereocenters. The molecule has 0 aliphatic heterocycles. The van der Waals surface area contributed by atoms with Gasteiger partial charge in [0.25, 0.3) is 0 Å². The third-order valence-corrected chi connectivity index (χ3v) is 2.74. The van der Waals surface area contributed by atoms with E-state index in [4.69, 9.17) is 0 Å². The first-order valence-corrected chi connectivity index (χ1v) is 5.75. The maximum Gasteiger partial charge on any atom is 0.365 e. The van der Waals surface area contributed by atoms with E-state index in [1.807, 2.05) is 44.9 Å². The Morgan fingerprint density at radius 3 is 2.33 bits per heavy atom. The average Bonchev–Trinajstić information content (AvgIpc) is 2.67. The van der Waals surface area contributed by atoms with Crippen LogP contribution in [0.2, 0.25) is 0 Å². The molecule has 0 saturated carbocycles. The van der Waals surface area contributed by atoms with Gasteiger partial charge in [-0.15, -0.1) is 4.68 Å². The summed E-state index contributed by atoms with van der Waals surface area (Å²) in [5.41, 5.74) is 8.45. The van der Waals surface area contributed by atoms with Crippen LogP contribution in [-0.4, -0.2) is 23.9 Å². The van der Waals surface area contributed by atoms with Crippen molar-refractivity contribution >= 4 is 17.3 Å². The number of rotatable bonds is 4. The highest BCUT2D eigenvalue weighted by molar-refractivity contribution is 5.55. The smallest absolute Gasteiger partial charge is 0.365 e. The molecule has 2 rings (SSSR count). The highest BCUT2D eigenvalue weighted by Crippen LogP contribution is 2.15. The van der Waals surface area contributed by atoms with Crippen molar-refractivity contribution in [1.82, 2.24) is 9.78 Å². The van der Waals surface area contributed by atoms with Gasteiger partial charge in [0.1, 0.15) is 0 Å². The minimum atomic E-state index is 0.881. The fraction of sp³-hybridized carbons (Fsp3) is 0.333. The number of aryl methyl sites for hydroxylation is 2. The molecule has 2 N–H and O–H groups in total. The molecule has 0 fully saturated rings. The number of hydrazine groups is 1. The van der Waals surface area contributed by atoms with E-state index in [0.717, 1.165) is 11.6 Å². The second-order valence-electron chi connectivity index (χ2n) is 4.38. The van der Waals surface area contributed by atoms with Gasteiger partial charge < -0.3 is 4.90 Å². The van der Waals surface area contributed by atoms with E-state index in [1.54, 1.807) is 11.0 Å². The summed E-state index contributed by atoms with van der Waals surface area (Å²) in [7, 11) is 7.87. The van der Waals surface area contributed by atoms with Crippen molar-refractivity contribution in [2.45, 2.75) is 0 Å². The summed E-state index contributed by atoms with van der Waals surface area (Å²) < 4.78 is 3.67. The Bertz CT molecular complexity index is 494. The van der Waals surface area contributed by atoms with Gasteiger partial charge in [0.15, 0.2) is 0 Å². The van der Waals surface area contributed by atoms with E-state index in [1.165, 1.54) is 5.69 Å². The van der Waals surface area contributed by atoms with E-state index in [9.17, 15) is 0 Å². The topological polar surface area (TPSA) is 49.0 Å². The lowest BCUT2D eigenvalue weighted by molar-refractivity contribution is -0.657. The second kappa shape index (κ2) is 4.95. The Morgan fingerprint density at radius 2 is 1.83 bits per heavy atom. The molecule has 0 spiro atoms. The number of aromatic nitrogens is 3. The van der Waals surface area contributed by atoms with Crippen molar-refractivity contribution in [2.75, 3.05) is 29.8 Å². The summed E-state index contributed by atoms with van der Waals surface area (Å²) in [6.45, 7) is 0. The number of benzene rings is 1. The molecule has 0 aliphatic rings. The number of anilines is 3. The van der Waals surface area contributed by atoms with Crippen LogP contribution in [0, 0.1) is 0 Å². The van der Waals surface area contributed by atoms with E-state index in [0.29, 0.717) is 0 Å². The maximum atomic E-state index is 4.14. The molecule has 1 heterocycles. The minimum absolute atomic E-state index is 0.881. The quantitative estimate of drug-likeness (QED) is 0.618. The summed E-state index contributed by atoms with van der Waals surface area (Å²) >= 11 is 0. The van der Waals surface area contributed by atoms with Gasteiger partial charge in [-0.2, -0.15) is 0 Å². The van der Waals surface area contributed by atoms with Crippen LogP contribution in [-0.2, 0) is 14.1 Å². The molecule has 1 aromatic heterocycles. The highest BCUT2D eigenvalue weighted by Gasteiger charge is 2.10. The summed E-state index contributed by atoms with van der Waals surface area (Å²) in [4.78, 5) is 2.07. The van der Waals surface area contributed by atoms with Crippen molar-refractivity contribution in [1.29, 1.82) is 0 Å². The van der Waals surface area contributed by atoms with Gasteiger partial charge in [-0.1, -0.05) is 0 Å². The SMILES string of the molecule is CN(C)c1ccc(NNc2n(C)nc[n+]2C)cc1. The molecule has 0 aliphatic carbocycles. The first kappa shape index (κ1) is 12.2. The molecule has 96 valence electrons. The lowest BCUT2D eigenvalue weighted by Gasteiger charge is -2.13. The molecule has 0 saturated heterocycles. The Balaban J connectivity index is 2.02. The van der Waals surface area contributed by atoms with Crippen LogP contribution in [0.25, 0.3) is 0 Å². The number of nitrogens with zero attached hydrogens (tertiary/aromatic N) is 4. The van der Waals surface area contributed by atoms with Crippen molar-refractivity contribution in [3.05, 3.63) is 30.6 Å². The summed E-state index contributed by atoms with van der Waals surface area (Å²) in [6, 6.07) is 8.18. The Kier molecular flexibility index (Phi) is 3.36. The van der Waals surface area contributed by atoms with Gasteiger partial charge in [0.05, 0.1) is 19.8 Å². The van der Waals surface area contributed by atoms with Gasteiger partial charge >= 0.3 is 5.95 Å². The van der Waals surface area contributed by atoms with E-state index in [-0.39, 0.29) is 0 Å². The van der Waals surface area contributed by atoms with Crippen molar-refractivity contribution in [2.24, 2.45) is 14.1 Å². The largest absolute Gasteiger partial charge is 0.378 e. The fourth-order valence-corrected chi connectivity index (χ4v) is 1.63. The first-order chi connectivity index (χ1) is 8.58. The number of nitrogens with one attached hydrogen (secondary N) is 2. The standard InChI is InChI=1S/C12H18N6/c1-16(2)11-7-5-10(6-8-11)14-15-12-17(3)9-13-18(12)4/h5-9,14H,1-4H3/p+1. The van der Waals surface area contributed by atoms with E-state index < -0.39 is 0 Å². The van der Waals surface area contributed by atoms with Crippen LogP contribution in [0.15, 0.2) is 30.6 Å². The molecule has 2 aromatic rings. The van der Waals surface area contributed by atoms with Crippen LogP contribution >= 0.6 is 0 Å². The first-order valence-electron chi connectivity index (χ1n) is 5.75. The second-order valence-corrected chi connectivity index (χ2v) is 4.38. The molecule has 0 radical (unpaired) electrons. The third kappa shape index (κ3) is 2.53. The molecule has 18 heavy (non-hydrogen) atoms. The van der Waals surface area contributed by atoms with Crippen LogP contribution in [0.3, 0.4) is 0 Å². The maximum absolute atomic E-state index is 4.14. The minimum Gasteiger partial charge on any atom is -0.378 e. The monoisotopic (exact) mass is 247 g/mol. The molecule has 6 heteroatoms. The van der Waals surface area contributed by atoms with Gasteiger partial charge in [0.2, 0.25) is 6.33 Å². The molecule has 6 nitrogen and oxygen atoms in total. The predicted molar refractivity (Wildman–Crippen MR) is 72.4 cm³/mol. The number of hydrogen-bond donors (Lipinski definition) is 2. The predicted octanol–water partition coefficient (Wildman–Crippen LogP) is 0.750. The summed E-state index contributed by atoms with van der Waals surface area (Å²) in [5, 5.41) is 4.14. The van der Waals surface area contributed by atoms with Crippen molar-refractivity contribution in [3.63, 3.8) is 0 Å². The fourth-order valence-electron chi connectivity index (χ4n) is 1.63. The molecular formula is C12H19N6+. The lowest BCUT2D eigenvalue weighted by Crippen LogP contribution is -2.32. The lowest BCUT2D eigenvalue weighted by atomic mass is 10.3. The van der Waals surface area contributed by atoms with Crippen LogP contribution in [0.5, 0.6) is 0 Å². The van der Waals surface area contributed by atoms with Gasteiger partial charge in [-0.05, 0) is 29.4 Å². The van der Waals surface area contributed by atoms with Crippen LogP contribution in [0.1, 0.15) is 0 Å². The molecule has 1 aromatic carbocycles. The normalized spacial score (nSPS) is 10.2. The number of hydrogen-bond acceptors (Lipinski definition) is 4. The Hall–Kier alpha value is -2.24. The zero-order valence-corrected chi connectivity index (χ0v) is 11.2. The zero-order chi connectivity index (χ0) is 13.1.